The summed E-state index contributed by atoms with van der Waals surface area (Å²) in [6, 6.07) is 0. The van der Waals surface area contributed by atoms with Gasteiger partial charge in [-0.3, -0.25) is 4.68 Å². The molecule has 1 fully saturated rings. The lowest BCUT2D eigenvalue weighted by molar-refractivity contribution is 0.0399. The Hall–Kier alpha value is -0.980. The summed E-state index contributed by atoms with van der Waals surface area (Å²) in [7, 11) is 1.81. The largest absolute Gasteiger partial charge is 0.381 e. The summed E-state index contributed by atoms with van der Waals surface area (Å²) in [4.78, 5) is 2.48. The van der Waals surface area contributed by atoms with E-state index in [9.17, 15) is 0 Å². The first-order chi connectivity index (χ1) is 9.96. The lowest BCUT2D eigenvalue weighted by atomic mass is 10.1. The first kappa shape index (κ1) is 16.4. The Kier molecular flexibility index (Phi) is 5.72. The quantitative estimate of drug-likeness (QED) is 0.857. The van der Waals surface area contributed by atoms with Crippen LogP contribution in [0, 0.1) is 0 Å². The number of aromatic nitrogens is 3. The lowest BCUT2D eigenvalue weighted by Gasteiger charge is -2.30. The monoisotopic (exact) mass is 295 g/mol. The average molecular weight is 295 g/mol. The highest BCUT2D eigenvalue weighted by molar-refractivity contribution is 4.93. The number of hydrogen-bond donors (Lipinski definition) is 1. The summed E-state index contributed by atoms with van der Waals surface area (Å²) >= 11 is 0. The van der Waals surface area contributed by atoms with E-state index in [0.717, 1.165) is 51.3 Å². The van der Waals surface area contributed by atoms with Crippen molar-refractivity contribution in [3.63, 3.8) is 0 Å². The lowest BCUT2D eigenvalue weighted by Crippen LogP contribution is -2.38. The van der Waals surface area contributed by atoms with Gasteiger partial charge >= 0.3 is 0 Å². The number of ether oxygens (including phenoxy) is 1. The fourth-order valence-electron chi connectivity index (χ4n) is 2.50. The number of nitrogens with zero attached hydrogens (tertiary/aromatic N) is 4. The summed E-state index contributed by atoms with van der Waals surface area (Å²) in [5, 5.41) is 11.9. The topological polar surface area (TPSA) is 55.2 Å². The Bertz CT molecular complexity index is 418. The second-order valence-electron chi connectivity index (χ2n) is 6.85. The van der Waals surface area contributed by atoms with Crippen LogP contribution in [0.5, 0.6) is 0 Å². The van der Waals surface area contributed by atoms with Crippen LogP contribution in [0.15, 0.2) is 6.20 Å². The minimum absolute atomic E-state index is 0.107. The van der Waals surface area contributed by atoms with Gasteiger partial charge < -0.3 is 15.0 Å². The third kappa shape index (κ3) is 5.73. The summed E-state index contributed by atoms with van der Waals surface area (Å²) in [6.07, 6.45) is 4.76. The van der Waals surface area contributed by atoms with Crippen LogP contribution in [-0.4, -0.2) is 58.3 Å². The summed E-state index contributed by atoms with van der Waals surface area (Å²) in [6.45, 7) is 11.4. The van der Waals surface area contributed by atoms with Crippen LogP contribution < -0.4 is 5.32 Å². The van der Waals surface area contributed by atoms with Crippen molar-refractivity contribution in [1.29, 1.82) is 0 Å². The summed E-state index contributed by atoms with van der Waals surface area (Å²) in [5.41, 5.74) is 1.11. The Balaban J connectivity index is 1.71. The van der Waals surface area contributed by atoms with Crippen molar-refractivity contribution >= 4 is 0 Å². The van der Waals surface area contributed by atoms with Gasteiger partial charge in [-0.1, -0.05) is 5.21 Å². The van der Waals surface area contributed by atoms with Gasteiger partial charge in [0.1, 0.15) is 0 Å². The van der Waals surface area contributed by atoms with Gasteiger partial charge in [0, 0.05) is 45.0 Å². The standard InChI is InChI=1S/C15H29N5O/c1-15(2,3)16-11-13-12-20(18-17-13)10-9-19-7-5-14(21-4)6-8-19/h12,14,16H,5-11H2,1-4H3. The molecule has 0 aliphatic carbocycles. The van der Waals surface area contributed by atoms with E-state index in [1.54, 1.807) is 0 Å². The highest BCUT2D eigenvalue weighted by Gasteiger charge is 2.18. The zero-order chi connectivity index (χ0) is 15.3. The summed E-state index contributed by atoms with van der Waals surface area (Å²) < 4.78 is 7.35. The predicted molar refractivity (Wildman–Crippen MR) is 83.1 cm³/mol. The van der Waals surface area contributed by atoms with Gasteiger partial charge in [0.2, 0.25) is 0 Å². The normalized spacial score (nSPS) is 18.3. The molecule has 1 saturated heterocycles. The predicted octanol–water partition coefficient (Wildman–Crippen LogP) is 1.28. The molecule has 6 heteroatoms. The van der Waals surface area contributed by atoms with Gasteiger partial charge in [-0.2, -0.15) is 0 Å². The Morgan fingerprint density at radius 1 is 1.29 bits per heavy atom. The number of nitrogens with one attached hydrogen (secondary N) is 1. The van der Waals surface area contributed by atoms with Crippen LogP contribution in [0.25, 0.3) is 0 Å². The molecular weight excluding hydrogens is 266 g/mol. The van der Waals surface area contributed by atoms with Crippen molar-refractivity contribution in [3.05, 3.63) is 11.9 Å². The van der Waals surface area contributed by atoms with Gasteiger partial charge in [-0.15, -0.1) is 5.10 Å². The molecule has 0 saturated carbocycles. The van der Waals surface area contributed by atoms with Crippen LogP contribution in [0.3, 0.4) is 0 Å². The van der Waals surface area contributed by atoms with Crippen molar-refractivity contribution in [3.8, 4) is 0 Å². The zero-order valence-electron chi connectivity index (χ0n) is 13.8. The molecule has 0 atom stereocenters. The van der Waals surface area contributed by atoms with E-state index >= 15 is 0 Å². The van der Waals surface area contributed by atoms with E-state index in [4.69, 9.17) is 4.74 Å². The van der Waals surface area contributed by atoms with E-state index in [2.05, 4.69) is 41.3 Å². The van der Waals surface area contributed by atoms with E-state index < -0.39 is 0 Å². The van der Waals surface area contributed by atoms with E-state index in [0.29, 0.717) is 6.10 Å². The van der Waals surface area contributed by atoms with Crippen molar-refractivity contribution in [2.45, 2.75) is 58.3 Å². The minimum atomic E-state index is 0.107. The Morgan fingerprint density at radius 2 is 2.00 bits per heavy atom. The SMILES string of the molecule is COC1CCN(CCn2cc(CNC(C)(C)C)nn2)CC1. The molecule has 6 nitrogen and oxygen atoms in total. The molecular formula is C15H29N5O. The fraction of sp³-hybridized carbons (Fsp3) is 0.867. The number of piperidine rings is 1. The molecule has 1 N–H and O–H groups in total. The first-order valence-corrected chi connectivity index (χ1v) is 7.85. The molecule has 0 bridgehead atoms. The molecule has 1 aromatic heterocycles. The van der Waals surface area contributed by atoms with Crippen molar-refractivity contribution < 1.29 is 4.74 Å². The molecule has 0 unspecified atom stereocenters. The van der Waals surface area contributed by atoms with Gasteiger partial charge in [0.15, 0.2) is 0 Å². The zero-order valence-corrected chi connectivity index (χ0v) is 13.8. The highest BCUT2D eigenvalue weighted by atomic mass is 16.5. The van der Waals surface area contributed by atoms with Crippen LogP contribution in [0.2, 0.25) is 0 Å². The van der Waals surface area contributed by atoms with Crippen LogP contribution >= 0.6 is 0 Å². The van der Waals surface area contributed by atoms with Crippen molar-refractivity contribution in [1.82, 2.24) is 25.2 Å². The van der Waals surface area contributed by atoms with Crippen molar-refractivity contribution in [2.75, 3.05) is 26.7 Å². The van der Waals surface area contributed by atoms with Gasteiger partial charge in [0.05, 0.1) is 18.3 Å². The number of rotatable bonds is 6. The molecule has 1 aromatic rings. The second-order valence-corrected chi connectivity index (χ2v) is 6.85. The molecule has 120 valence electrons. The molecule has 0 amide bonds. The van der Waals surface area contributed by atoms with Gasteiger partial charge in [-0.25, -0.2) is 0 Å². The third-order valence-corrected chi connectivity index (χ3v) is 3.90. The van der Waals surface area contributed by atoms with Crippen molar-refractivity contribution in [2.24, 2.45) is 0 Å². The van der Waals surface area contributed by atoms with Crippen LogP contribution in [0.4, 0.5) is 0 Å². The molecule has 0 spiro atoms. The molecule has 1 aliphatic heterocycles. The molecule has 21 heavy (non-hydrogen) atoms. The van der Waals surface area contributed by atoms with E-state index in [-0.39, 0.29) is 5.54 Å². The van der Waals surface area contributed by atoms with E-state index in [1.807, 2.05) is 18.0 Å². The molecule has 2 rings (SSSR count). The maximum atomic E-state index is 5.40. The Labute approximate surface area is 127 Å². The molecule has 2 heterocycles. The third-order valence-electron chi connectivity index (χ3n) is 3.90. The smallest absolute Gasteiger partial charge is 0.0965 e. The number of hydrogen-bond acceptors (Lipinski definition) is 5. The second kappa shape index (κ2) is 7.33. The molecule has 1 aliphatic rings. The summed E-state index contributed by atoms with van der Waals surface area (Å²) in [5.74, 6) is 0. The number of likely N-dealkylation sites (tertiary alicyclic amines) is 1. The average Bonchev–Trinajstić information content (AvgIpc) is 2.91. The molecule has 0 radical (unpaired) electrons. The number of methoxy groups -OCH3 is 1. The minimum Gasteiger partial charge on any atom is -0.381 e. The van der Waals surface area contributed by atoms with Crippen LogP contribution in [-0.2, 0) is 17.8 Å². The highest BCUT2D eigenvalue weighted by Crippen LogP contribution is 2.12. The maximum absolute atomic E-state index is 5.40. The van der Waals surface area contributed by atoms with Crippen LogP contribution in [0.1, 0.15) is 39.3 Å². The maximum Gasteiger partial charge on any atom is 0.0965 e. The van der Waals surface area contributed by atoms with Gasteiger partial charge in [0.25, 0.3) is 0 Å². The van der Waals surface area contributed by atoms with Gasteiger partial charge in [-0.05, 0) is 33.6 Å². The Morgan fingerprint density at radius 3 is 2.62 bits per heavy atom. The fourth-order valence-corrected chi connectivity index (χ4v) is 2.50. The molecule has 0 aromatic carbocycles. The first-order valence-electron chi connectivity index (χ1n) is 7.85. The van der Waals surface area contributed by atoms with E-state index in [1.165, 1.54) is 0 Å².